The van der Waals surface area contributed by atoms with E-state index in [0.717, 1.165) is 99.9 Å². The smallest absolute Gasteiger partial charge is 0.143 e. The first-order valence-corrected chi connectivity index (χ1v) is 22.1. The van der Waals surface area contributed by atoms with Crippen molar-refractivity contribution in [1.29, 1.82) is 0 Å². The van der Waals surface area contributed by atoms with Crippen LogP contribution in [0.25, 0.3) is 110 Å². The zero-order valence-electron chi connectivity index (χ0n) is 35.3. The standard InChI is InChI=1S/C62H39NO2/c1-2-14-40(15-3-1)44-36-45(58-39-43-16-4-5-17-49(43)52-18-6-7-19-53(52)58)38-48(37-44)63(46-32-28-41(29-33-46)50-22-12-24-56-54-20-8-10-26-59(54)64-61(50)56)47-34-30-42(31-35-47)51-23-13-25-57-55-21-9-11-27-60(55)65-62(51)57/h1-39H. The summed E-state index contributed by atoms with van der Waals surface area (Å²) >= 11 is 0. The number of hydrogen-bond donors (Lipinski definition) is 0. The second-order valence-electron chi connectivity index (χ2n) is 16.8. The summed E-state index contributed by atoms with van der Waals surface area (Å²) in [5, 5.41) is 9.43. The molecule has 11 aromatic carbocycles. The Balaban J connectivity index is 1.01. The van der Waals surface area contributed by atoms with Crippen molar-refractivity contribution in [2.24, 2.45) is 0 Å². The van der Waals surface area contributed by atoms with Crippen molar-refractivity contribution >= 4 is 82.5 Å². The Morgan fingerprint density at radius 1 is 0.246 bits per heavy atom. The van der Waals surface area contributed by atoms with Crippen LogP contribution in [0.1, 0.15) is 0 Å². The SMILES string of the molecule is c1ccc(-c2cc(-c3cc4ccccc4c4ccccc34)cc(N(c3ccc(-c4cccc5c4oc4ccccc45)cc3)c3ccc(-c4cccc5c4oc4ccccc45)cc3)c2)cc1. The third-order valence-electron chi connectivity index (χ3n) is 13.0. The van der Waals surface area contributed by atoms with Crippen molar-refractivity contribution in [3.8, 4) is 44.5 Å². The molecule has 3 heteroatoms. The predicted octanol–water partition coefficient (Wildman–Crippen LogP) is 17.9. The van der Waals surface area contributed by atoms with E-state index < -0.39 is 0 Å². The van der Waals surface area contributed by atoms with Crippen LogP contribution in [0.4, 0.5) is 17.1 Å². The summed E-state index contributed by atoms with van der Waals surface area (Å²) in [6, 6.07) is 84.8. The van der Waals surface area contributed by atoms with E-state index in [4.69, 9.17) is 8.83 Å². The topological polar surface area (TPSA) is 29.5 Å². The maximum atomic E-state index is 6.50. The molecule has 13 aromatic rings. The first-order valence-electron chi connectivity index (χ1n) is 22.1. The highest BCUT2D eigenvalue weighted by Crippen LogP contribution is 2.45. The summed E-state index contributed by atoms with van der Waals surface area (Å²) in [4.78, 5) is 2.39. The van der Waals surface area contributed by atoms with Crippen LogP contribution in [0.5, 0.6) is 0 Å². The molecule has 0 atom stereocenters. The zero-order valence-corrected chi connectivity index (χ0v) is 35.3. The number of rotatable bonds is 7. The van der Waals surface area contributed by atoms with Crippen LogP contribution in [0, 0.1) is 0 Å². The second-order valence-corrected chi connectivity index (χ2v) is 16.8. The molecule has 0 radical (unpaired) electrons. The fourth-order valence-electron chi connectivity index (χ4n) is 9.96. The third-order valence-corrected chi connectivity index (χ3v) is 13.0. The molecule has 0 aliphatic rings. The van der Waals surface area contributed by atoms with E-state index in [1.165, 1.54) is 27.1 Å². The Bertz CT molecular complexity index is 3780. The largest absolute Gasteiger partial charge is 0.455 e. The fourth-order valence-corrected chi connectivity index (χ4v) is 9.96. The van der Waals surface area contributed by atoms with Gasteiger partial charge in [0.1, 0.15) is 22.3 Å². The predicted molar refractivity (Wildman–Crippen MR) is 272 cm³/mol. The highest BCUT2D eigenvalue weighted by molar-refractivity contribution is 6.14. The minimum absolute atomic E-state index is 0.894. The molecule has 0 amide bonds. The minimum Gasteiger partial charge on any atom is -0.455 e. The Morgan fingerprint density at radius 3 is 1.32 bits per heavy atom. The number of benzene rings is 11. The van der Waals surface area contributed by atoms with E-state index in [9.17, 15) is 0 Å². The lowest BCUT2D eigenvalue weighted by Gasteiger charge is -2.27. The Hall–Kier alpha value is -8.66. The molecule has 2 heterocycles. The molecule has 0 bridgehead atoms. The molecule has 0 saturated heterocycles. The number of para-hydroxylation sites is 4. The van der Waals surface area contributed by atoms with Crippen LogP contribution in [-0.4, -0.2) is 0 Å². The molecule has 2 aromatic heterocycles. The molecule has 0 aliphatic heterocycles. The van der Waals surface area contributed by atoms with Crippen molar-refractivity contribution in [3.05, 3.63) is 237 Å². The molecule has 0 fully saturated rings. The Morgan fingerprint density at radius 2 is 0.723 bits per heavy atom. The molecule has 13 rings (SSSR count). The first-order chi connectivity index (χ1) is 32.2. The molecular weight excluding hydrogens is 791 g/mol. The molecule has 0 saturated carbocycles. The van der Waals surface area contributed by atoms with Gasteiger partial charge in [-0.1, -0.05) is 176 Å². The van der Waals surface area contributed by atoms with Gasteiger partial charge in [0, 0.05) is 49.7 Å². The summed E-state index contributed by atoms with van der Waals surface area (Å²) in [6.45, 7) is 0. The lowest BCUT2D eigenvalue weighted by atomic mass is 9.91. The van der Waals surface area contributed by atoms with E-state index >= 15 is 0 Å². The number of fused-ring (bicyclic) bond motifs is 9. The van der Waals surface area contributed by atoms with E-state index in [1.54, 1.807) is 0 Å². The monoisotopic (exact) mass is 829 g/mol. The molecular formula is C62H39NO2. The number of furan rings is 2. The molecule has 0 unspecified atom stereocenters. The number of nitrogens with zero attached hydrogens (tertiary/aromatic N) is 1. The van der Waals surface area contributed by atoms with E-state index in [1.807, 2.05) is 24.3 Å². The highest BCUT2D eigenvalue weighted by atomic mass is 16.3. The van der Waals surface area contributed by atoms with Gasteiger partial charge < -0.3 is 13.7 Å². The van der Waals surface area contributed by atoms with Gasteiger partial charge in [-0.15, -0.1) is 0 Å². The van der Waals surface area contributed by atoms with Crippen molar-refractivity contribution < 1.29 is 8.83 Å². The normalized spacial score (nSPS) is 11.7. The van der Waals surface area contributed by atoms with Crippen LogP contribution in [0.15, 0.2) is 245 Å². The molecule has 0 spiro atoms. The minimum atomic E-state index is 0.894. The van der Waals surface area contributed by atoms with Crippen LogP contribution in [0.2, 0.25) is 0 Å². The van der Waals surface area contributed by atoms with Gasteiger partial charge in [-0.25, -0.2) is 0 Å². The molecule has 0 N–H and O–H groups in total. The van der Waals surface area contributed by atoms with E-state index in [2.05, 4.69) is 217 Å². The zero-order chi connectivity index (χ0) is 42.8. The van der Waals surface area contributed by atoms with Crippen LogP contribution >= 0.6 is 0 Å². The van der Waals surface area contributed by atoms with Crippen LogP contribution in [0.3, 0.4) is 0 Å². The van der Waals surface area contributed by atoms with Gasteiger partial charge in [0.25, 0.3) is 0 Å². The molecule has 3 nitrogen and oxygen atoms in total. The summed E-state index contributed by atoms with van der Waals surface area (Å²) in [5.41, 5.74) is 15.7. The molecule has 0 aliphatic carbocycles. The van der Waals surface area contributed by atoms with Crippen molar-refractivity contribution in [2.75, 3.05) is 4.90 Å². The first kappa shape index (κ1) is 36.9. The average Bonchev–Trinajstić information content (AvgIpc) is 3.96. The van der Waals surface area contributed by atoms with Gasteiger partial charge in [0.2, 0.25) is 0 Å². The van der Waals surface area contributed by atoms with Gasteiger partial charge in [-0.2, -0.15) is 0 Å². The second kappa shape index (κ2) is 15.0. The van der Waals surface area contributed by atoms with Crippen molar-refractivity contribution in [2.45, 2.75) is 0 Å². The summed E-state index contributed by atoms with van der Waals surface area (Å²) in [6.07, 6.45) is 0. The lowest BCUT2D eigenvalue weighted by Crippen LogP contribution is -2.10. The quantitative estimate of drug-likeness (QED) is 0.150. The van der Waals surface area contributed by atoms with E-state index in [-0.39, 0.29) is 0 Å². The van der Waals surface area contributed by atoms with Gasteiger partial charge in [0.15, 0.2) is 0 Å². The Labute approximate surface area is 375 Å². The van der Waals surface area contributed by atoms with E-state index in [0.29, 0.717) is 0 Å². The maximum absolute atomic E-state index is 6.50. The van der Waals surface area contributed by atoms with Gasteiger partial charge in [-0.05, 0) is 116 Å². The van der Waals surface area contributed by atoms with Crippen LogP contribution < -0.4 is 4.90 Å². The van der Waals surface area contributed by atoms with Crippen LogP contribution in [-0.2, 0) is 0 Å². The average molecular weight is 830 g/mol. The summed E-state index contributed by atoms with van der Waals surface area (Å²) < 4.78 is 13.0. The summed E-state index contributed by atoms with van der Waals surface area (Å²) in [5.74, 6) is 0. The van der Waals surface area contributed by atoms with Gasteiger partial charge in [-0.3, -0.25) is 0 Å². The lowest BCUT2D eigenvalue weighted by molar-refractivity contribution is 0.669. The van der Waals surface area contributed by atoms with Crippen molar-refractivity contribution in [1.82, 2.24) is 0 Å². The maximum Gasteiger partial charge on any atom is 0.143 e. The fraction of sp³-hybridized carbons (Fsp3) is 0. The number of anilines is 3. The Kier molecular flexibility index (Phi) is 8.53. The molecule has 65 heavy (non-hydrogen) atoms. The van der Waals surface area contributed by atoms with Gasteiger partial charge >= 0.3 is 0 Å². The highest BCUT2D eigenvalue weighted by Gasteiger charge is 2.20. The molecule has 304 valence electrons. The third kappa shape index (κ3) is 6.20. The van der Waals surface area contributed by atoms with Gasteiger partial charge in [0.05, 0.1) is 0 Å². The summed E-state index contributed by atoms with van der Waals surface area (Å²) in [7, 11) is 0. The number of hydrogen-bond acceptors (Lipinski definition) is 3. The van der Waals surface area contributed by atoms with Crippen molar-refractivity contribution in [3.63, 3.8) is 0 Å².